The topological polar surface area (TPSA) is 82.5 Å². The van der Waals surface area contributed by atoms with E-state index in [1.165, 1.54) is 0 Å². The fourth-order valence-electron chi connectivity index (χ4n) is 4.71. The molecule has 4 rings (SSSR count). The molecule has 0 saturated carbocycles. The number of carbonyl (C=O) groups is 2. The van der Waals surface area contributed by atoms with E-state index in [-0.39, 0.29) is 11.3 Å². The van der Waals surface area contributed by atoms with Gasteiger partial charge in [0, 0.05) is 19.2 Å². The highest BCUT2D eigenvalue weighted by Crippen LogP contribution is 2.42. The number of aliphatic hydroxyl groups excluding tert-OH is 1. The zero-order valence-corrected chi connectivity index (χ0v) is 22.4. The van der Waals surface area contributed by atoms with Crippen molar-refractivity contribution in [2.75, 3.05) is 58.9 Å². The number of benzene rings is 2. The normalized spacial score (nSPS) is 18.9. The van der Waals surface area contributed by atoms with Crippen LogP contribution in [0.4, 0.5) is 5.69 Å². The van der Waals surface area contributed by atoms with Crippen molar-refractivity contribution in [1.29, 1.82) is 0 Å². The molecule has 198 valence electrons. The van der Waals surface area contributed by atoms with Gasteiger partial charge in [0.1, 0.15) is 23.9 Å². The number of hydrogen-bond donors (Lipinski definition) is 1. The molecule has 1 N–H and O–H groups in total. The van der Waals surface area contributed by atoms with Crippen LogP contribution >= 0.6 is 0 Å². The van der Waals surface area contributed by atoms with E-state index in [4.69, 9.17) is 9.47 Å². The molecule has 1 fully saturated rings. The van der Waals surface area contributed by atoms with Crippen molar-refractivity contribution in [2.24, 2.45) is 5.92 Å². The summed E-state index contributed by atoms with van der Waals surface area (Å²) in [5.41, 5.74) is 2.12. The number of aliphatic hydroxyl groups is 1. The molecule has 2 aromatic rings. The summed E-state index contributed by atoms with van der Waals surface area (Å²) in [7, 11) is 5.90. The molecule has 2 aliphatic heterocycles. The number of nitrogens with zero attached hydrogens (tertiary/aromatic N) is 3. The molecule has 0 spiro atoms. The van der Waals surface area contributed by atoms with Crippen LogP contribution in [0, 0.1) is 5.92 Å². The number of hydrogen-bond acceptors (Lipinski definition) is 7. The van der Waals surface area contributed by atoms with Gasteiger partial charge in [0.25, 0.3) is 11.7 Å². The van der Waals surface area contributed by atoms with Crippen molar-refractivity contribution in [3.8, 4) is 11.5 Å². The molecule has 0 aliphatic carbocycles. The Labute approximate surface area is 219 Å². The zero-order valence-electron chi connectivity index (χ0n) is 22.4. The summed E-state index contributed by atoms with van der Waals surface area (Å²) in [4.78, 5) is 32.3. The first-order chi connectivity index (χ1) is 17.7. The second kappa shape index (κ2) is 11.3. The van der Waals surface area contributed by atoms with Crippen LogP contribution in [0.5, 0.6) is 11.5 Å². The third kappa shape index (κ3) is 5.74. The molecule has 2 heterocycles. The molecule has 1 amide bonds. The van der Waals surface area contributed by atoms with Gasteiger partial charge in [0.15, 0.2) is 0 Å². The SMILES string of the molecule is CC(C)COc1cccc(C2/C(=C(/O)c3ccc4c(c3)N(C)CCO4)C(=O)C(=O)N2CCCN(C)C)c1. The van der Waals surface area contributed by atoms with Gasteiger partial charge in [-0.2, -0.15) is 0 Å². The third-order valence-electron chi connectivity index (χ3n) is 6.63. The van der Waals surface area contributed by atoms with Crippen LogP contribution in [0.15, 0.2) is 48.0 Å². The number of rotatable bonds is 9. The predicted molar refractivity (Wildman–Crippen MR) is 144 cm³/mol. The number of amides is 1. The molecular weight excluding hydrogens is 470 g/mol. The molecule has 2 aromatic carbocycles. The van der Waals surface area contributed by atoms with E-state index < -0.39 is 17.7 Å². The maximum Gasteiger partial charge on any atom is 0.295 e. The summed E-state index contributed by atoms with van der Waals surface area (Å²) in [6.07, 6.45) is 0.696. The summed E-state index contributed by atoms with van der Waals surface area (Å²) >= 11 is 0. The Kier molecular flexibility index (Phi) is 8.07. The average molecular weight is 508 g/mol. The Morgan fingerprint density at radius 1 is 1.19 bits per heavy atom. The number of ether oxygens (including phenoxy) is 2. The lowest BCUT2D eigenvalue weighted by molar-refractivity contribution is -0.139. The number of ketones is 1. The Hall–Kier alpha value is -3.52. The van der Waals surface area contributed by atoms with Gasteiger partial charge in [0.2, 0.25) is 0 Å². The Balaban J connectivity index is 1.78. The quantitative estimate of drug-likeness (QED) is 0.313. The van der Waals surface area contributed by atoms with E-state index in [1.54, 1.807) is 17.0 Å². The smallest absolute Gasteiger partial charge is 0.295 e. The van der Waals surface area contributed by atoms with Crippen molar-refractivity contribution in [2.45, 2.75) is 26.3 Å². The average Bonchev–Trinajstić information content (AvgIpc) is 3.12. The van der Waals surface area contributed by atoms with Crippen LogP contribution in [0.2, 0.25) is 0 Å². The lowest BCUT2D eigenvalue weighted by atomic mass is 9.94. The van der Waals surface area contributed by atoms with Crippen molar-refractivity contribution in [3.05, 3.63) is 59.2 Å². The highest BCUT2D eigenvalue weighted by Gasteiger charge is 2.46. The summed E-state index contributed by atoms with van der Waals surface area (Å²) in [5, 5.41) is 11.5. The standard InChI is InChI=1S/C29H37N3O5/c1-19(2)18-37-22-9-6-8-20(16-22)26-25(28(34)29(35)32(26)13-7-12-30(3)4)27(33)21-10-11-24-23(17-21)31(5)14-15-36-24/h6,8-11,16-17,19,26,33H,7,12-15,18H2,1-5H3/b27-25-. The number of Topliss-reactive ketones (excluding diaryl/α,β-unsaturated/α-hetero) is 1. The molecule has 1 unspecified atom stereocenters. The Bertz CT molecular complexity index is 1190. The first-order valence-corrected chi connectivity index (χ1v) is 12.8. The number of likely N-dealkylation sites (N-methyl/N-ethyl adjacent to an activating group) is 1. The monoisotopic (exact) mass is 507 g/mol. The highest BCUT2D eigenvalue weighted by molar-refractivity contribution is 6.46. The van der Waals surface area contributed by atoms with Crippen molar-refractivity contribution >= 4 is 23.1 Å². The zero-order chi connectivity index (χ0) is 26.7. The second-order valence-electron chi connectivity index (χ2n) is 10.4. The first-order valence-electron chi connectivity index (χ1n) is 12.8. The van der Waals surface area contributed by atoms with E-state index in [1.807, 2.05) is 61.3 Å². The summed E-state index contributed by atoms with van der Waals surface area (Å²) in [6, 6.07) is 12.1. The van der Waals surface area contributed by atoms with Crippen LogP contribution < -0.4 is 14.4 Å². The molecule has 0 aromatic heterocycles. The van der Waals surface area contributed by atoms with Gasteiger partial charge in [-0.1, -0.05) is 26.0 Å². The maximum atomic E-state index is 13.4. The largest absolute Gasteiger partial charge is 0.507 e. The lowest BCUT2D eigenvalue weighted by Gasteiger charge is -2.28. The fraction of sp³-hybridized carbons (Fsp3) is 0.448. The minimum atomic E-state index is -0.713. The Morgan fingerprint density at radius 3 is 2.70 bits per heavy atom. The van der Waals surface area contributed by atoms with Gasteiger partial charge in [-0.25, -0.2) is 0 Å². The predicted octanol–water partition coefficient (Wildman–Crippen LogP) is 3.92. The molecule has 37 heavy (non-hydrogen) atoms. The Morgan fingerprint density at radius 2 is 1.97 bits per heavy atom. The summed E-state index contributed by atoms with van der Waals surface area (Å²) < 4.78 is 11.7. The fourth-order valence-corrected chi connectivity index (χ4v) is 4.71. The van der Waals surface area contributed by atoms with Gasteiger partial charge in [-0.3, -0.25) is 9.59 Å². The first kappa shape index (κ1) is 26.5. The summed E-state index contributed by atoms with van der Waals surface area (Å²) in [6.45, 7) is 7.16. The van der Waals surface area contributed by atoms with Crippen LogP contribution in [0.1, 0.15) is 37.4 Å². The van der Waals surface area contributed by atoms with E-state index in [0.29, 0.717) is 43.4 Å². The van der Waals surface area contributed by atoms with E-state index in [2.05, 4.69) is 13.8 Å². The third-order valence-corrected chi connectivity index (χ3v) is 6.63. The molecule has 0 bridgehead atoms. The van der Waals surface area contributed by atoms with E-state index >= 15 is 0 Å². The van der Waals surface area contributed by atoms with Gasteiger partial charge in [-0.05, 0) is 68.9 Å². The number of carbonyl (C=O) groups excluding carboxylic acids is 2. The maximum absolute atomic E-state index is 13.4. The summed E-state index contributed by atoms with van der Waals surface area (Å²) in [5.74, 6) is 0.277. The van der Waals surface area contributed by atoms with Crippen LogP contribution in [0.25, 0.3) is 5.76 Å². The van der Waals surface area contributed by atoms with Crippen molar-refractivity contribution < 1.29 is 24.2 Å². The van der Waals surface area contributed by atoms with Crippen LogP contribution in [-0.2, 0) is 9.59 Å². The molecule has 2 aliphatic rings. The molecule has 0 radical (unpaired) electrons. The van der Waals surface area contributed by atoms with Gasteiger partial charge in [-0.15, -0.1) is 0 Å². The highest BCUT2D eigenvalue weighted by atomic mass is 16.5. The number of likely N-dealkylation sites (tertiary alicyclic amines) is 1. The number of fused-ring (bicyclic) bond motifs is 1. The van der Waals surface area contributed by atoms with E-state index in [0.717, 1.165) is 30.1 Å². The molecule has 8 heteroatoms. The lowest BCUT2D eigenvalue weighted by Crippen LogP contribution is -2.32. The van der Waals surface area contributed by atoms with Crippen molar-refractivity contribution in [3.63, 3.8) is 0 Å². The van der Waals surface area contributed by atoms with Crippen LogP contribution in [-0.4, -0.2) is 80.6 Å². The van der Waals surface area contributed by atoms with Crippen LogP contribution in [0.3, 0.4) is 0 Å². The molecule has 1 saturated heterocycles. The van der Waals surface area contributed by atoms with Crippen molar-refractivity contribution in [1.82, 2.24) is 9.80 Å². The second-order valence-corrected chi connectivity index (χ2v) is 10.4. The van der Waals surface area contributed by atoms with Gasteiger partial charge < -0.3 is 29.3 Å². The molecule has 8 nitrogen and oxygen atoms in total. The minimum absolute atomic E-state index is 0.0928. The van der Waals surface area contributed by atoms with Gasteiger partial charge >= 0.3 is 0 Å². The number of anilines is 1. The molecular formula is C29H37N3O5. The minimum Gasteiger partial charge on any atom is -0.507 e. The molecule has 1 atom stereocenters. The van der Waals surface area contributed by atoms with Gasteiger partial charge in [0.05, 0.1) is 30.5 Å². The van der Waals surface area contributed by atoms with E-state index in [9.17, 15) is 14.7 Å².